The Labute approximate surface area is 172 Å². The number of carbonyl (C=O) groups is 2. The topological polar surface area (TPSA) is 46.6 Å². The van der Waals surface area contributed by atoms with Gasteiger partial charge < -0.3 is 9.64 Å². The molecule has 1 aromatic heterocycles. The predicted molar refractivity (Wildman–Crippen MR) is 118 cm³/mol. The molecular weight excluding hydrogens is 370 g/mol. The van der Waals surface area contributed by atoms with Crippen molar-refractivity contribution >= 4 is 33.1 Å². The quantitative estimate of drug-likeness (QED) is 0.503. The second kappa shape index (κ2) is 9.55. The van der Waals surface area contributed by atoms with E-state index in [0.29, 0.717) is 4.88 Å². The van der Waals surface area contributed by atoms with Crippen molar-refractivity contribution in [3.8, 4) is 5.75 Å². The molecule has 0 saturated carbocycles. The number of ketones is 1. The molecule has 154 valence electrons. The minimum atomic E-state index is -0.492. The molecule has 0 fully saturated rings. The molecule has 2 aromatic rings. The van der Waals surface area contributed by atoms with Crippen LogP contribution in [-0.2, 0) is 11.2 Å². The third-order valence-electron chi connectivity index (χ3n) is 4.84. The molecule has 0 aliphatic heterocycles. The number of unbranched alkanes of at least 4 members (excludes halogenated alkanes) is 1. The van der Waals surface area contributed by atoms with Gasteiger partial charge in [-0.05, 0) is 36.6 Å². The van der Waals surface area contributed by atoms with Crippen molar-refractivity contribution in [1.82, 2.24) is 4.90 Å². The average Bonchev–Trinajstić information content (AvgIpc) is 3.00. The molecule has 1 heterocycles. The smallest absolute Gasteiger partial charge is 0.227 e. The monoisotopic (exact) mass is 403 g/mol. The summed E-state index contributed by atoms with van der Waals surface area (Å²) in [5.41, 5.74) is 0.357. The van der Waals surface area contributed by atoms with Crippen molar-refractivity contribution in [3.63, 3.8) is 0 Å². The largest absolute Gasteiger partial charge is 0.497 e. The highest BCUT2D eigenvalue weighted by Crippen LogP contribution is 2.37. The first-order valence-electron chi connectivity index (χ1n) is 10.1. The molecule has 28 heavy (non-hydrogen) atoms. The van der Waals surface area contributed by atoms with E-state index in [0.717, 1.165) is 53.8 Å². The molecule has 1 amide bonds. The summed E-state index contributed by atoms with van der Waals surface area (Å²) in [6.45, 7) is 11.5. The standard InChI is InChI=1S/C23H33NO3S/c1-7-9-13-24(12-8-2)20(25)15-18-17-14-16(27-6)10-11-19(17)28-21(18)22(26)23(3,4)5/h10-11,14H,7-9,12-13,15H2,1-6H3. The molecule has 0 saturated heterocycles. The molecule has 0 unspecified atom stereocenters. The van der Waals surface area contributed by atoms with Crippen LogP contribution in [0, 0.1) is 5.41 Å². The van der Waals surface area contributed by atoms with Crippen LogP contribution < -0.4 is 4.74 Å². The SMILES string of the molecule is CCCCN(CCC)C(=O)Cc1c(C(=O)C(C)(C)C)sc2ccc(OC)cc12. The van der Waals surface area contributed by atoms with E-state index in [4.69, 9.17) is 4.74 Å². The van der Waals surface area contributed by atoms with Crippen molar-refractivity contribution in [1.29, 1.82) is 0 Å². The Hall–Kier alpha value is -1.88. The molecule has 2 rings (SSSR count). The van der Waals surface area contributed by atoms with Crippen LogP contribution >= 0.6 is 11.3 Å². The van der Waals surface area contributed by atoms with E-state index < -0.39 is 5.41 Å². The number of Topliss-reactive ketones (excluding diaryl/α,β-unsaturated/α-hetero) is 1. The zero-order valence-electron chi connectivity index (χ0n) is 18.1. The third-order valence-corrected chi connectivity index (χ3v) is 6.05. The summed E-state index contributed by atoms with van der Waals surface area (Å²) < 4.78 is 6.40. The minimum Gasteiger partial charge on any atom is -0.497 e. The first kappa shape index (κ1) is 22.4. The lowest BCUT2D eigenvalue weighted by atomic mass is 9.88. The number of hydrogen-bond acceptors (Lipinski definition) is 4. The third kappa shape index (κ3) is 5.13. The second-order valence-electron chi connectivity index (χ2n) is 8.26. The summed E-state index contributed by atoms with van der Waals surface area (Å²) >= 11 is 1.49. The number of fused-ring (bicyclic) bond motifs is 1. The number of benzene rings is 1. The molecule has 0 aliphatic carbocycles. The van der Waals surface area contributed by atoms with Gasteiger partial charge in [-0.3, -0.25) is 9.59 Å². The van der Waals surface area contributed by atoms with E-state index in [9.17, 15) is 9.59 Å². The predicted octanol–water partition coefficient (Wildman–Crippen LogP) is 5.72. The van der Waals surface area contributed by atoms with Crippen LogP contribution in [0.2, 0.25) is 0 Å². The van der Waals surface area contributed by atoms with Gasteiger partial charge in [0.25, 0.3) is 0 Å². The van der Waals surface area contributed by atoms with E-state index in [-0.39, 0.29) is 18.1 Å². The number of ether oxygens (including phenoxy) is 1. The maximum absolute atomic E-state index is 13.1. The van der Waals surface area contributed by atoms with Crippen LogP contribution in [0.15, 0.2) is 18.2 Å². The average molecular weight is 404 g/mol. The Morgan fingerprint density at radius 1 is 1.11 bits per heavy atom. The van der Waals surface area contributed by atoms with Gasteiger partial charge in [0, 0.05) is 28.6 Å². The summed E-state index contributed by atoms with van der Waals surface area (Å²) in [7, 11) is 1.63. The first-order chi connectivity index (χ1) is 13.2. The zero-order chi connectivity index (χ0) is 20.9. The van der Waals surface area contributed by atoms with Crippen LogP contribution in [-0.4, -0.2) is 36.8 Å². The van der Waals surface area contributed by atoms with Gasteiger partial charge in [0.2, 0.25) is 5.91 Å². The fourth-order valence-corrected chi connectivity index (χ4v) is 4.55. The van der Waals surface area contributed by atoms with Gasteiger partial charge in [-0.25, -0.2) is 0 Å². The van der Waals surface area contributed by atoms with Crippen molar-refractivity contribution in [2.45, 2.75) is 60.3 Å². The molecule has 0 N–H and O–H groups in total. The maximum atomic E-state index is 13.1. The van der Waals surface area contributed by atoms with Crippen molar-refractivity contribution in [3.05, 3.63) is 28.6 Å². The van der Waals surface area contributed by atoms with Gasteiger partial charge in [-0.15, -0.1) is 11.3 Å². The molecular formula is C23H33NO3S. The van der Waals surface area contributed by atoms with Gasteiger partial charge in [0.1, 0.15) is 5.75 Å². The lowest BCUT2D eigenvalue weighted by Gasteiger charge is -2.23. The summed E-state index contributed by atoms with van der Waals surface area (Å²) in [5.74, 6) is 0.928. The second-order valence-corrected chi connectivity index (χ2v) is 9.31. The number of thiophene rings is 1. The highest BCUT2D eigenvalue weighted by atomic mass is 32.1. The summed E-state index contributed by atoms with van der Waals surface area (Å²) in [6.07, 6.45) is 3.24. The molecule has 5 heteroatoms. The summed E-state index contributed by atoms with van der Waals surface area (Å²) in [4.78, 5) is 28.9. The number of amides is 1. The lowest BCUT2D eigenvalue weighted by molar-refractivity contribution is -0.130. The number of methoxy groups -OCH3 is 1. The number of rotatable bonds is 9. The Morgan fingerprint density at radius 2 is 1.82 bits per heavy atom. The van der Waals surface area contributed by atoms with Gasteiger partial charge in [0.15, 0.2) is 5.78 Å². The Bertz CT molecular complexity index is 832. The molecule has 0 spiro atoms. The molecule has 0 aliphatic rings. The van der Waals surface area contributed by atoms with E-state index in [2.05, 4.69) is 13.8 Å². The fourth-order valence-electron chi connectivity index (χ4n) is 3.20. The minimum absolute atomic E-state index is 0.0890. The normalized spacial score (nSPS) is 11.6. The van der Waals surface area contributed by atoms with Crippen LogP contribution in [0.1, 0.15) is 69.1 Å². The van der Waals surface area contributed by atoms with Gasteiger partial charge in [-0.2, -0.15) is 0 Å². The first-order valence-corrected chi connectivity index (χ1v) is 11.0. The Morgan fingerprint density at radius 3 is 2.39 bits per heavy atom. The number of carbonyl (C=O) groups excluding carboxylic acids is 2. The maximum Gasteiger partial charge on any atom is 0.227 e. The van der Waals surface area contributed by atoms with E-state index >= 15 is 0 Å². The highest BCUT2D eigenvalue weighted by Gasteiger charge is 2.29. The van der Waals surface area contributed by atoms with Crippen LogP contribution in [0.5, 0.6) is 5.75 Å². The van der Waals surface area contributed by atoms with Gasteiger partial charge in [0.05, 0.1) is 18.4 Å². The molecule has 0 radical (unpaired) electrons. The van der Waals surface area contributed by atoms with Crippen molar-refractivity contribution in [2.75, 3.05) is 20.2 Å². The van der Waals surface area contributed by atoms with Crippen LogP contribution in [0.25, 0.3) is 10.1 Å². The highest BCUT2D eigenvalue weighted by molar-refractivity contribution is 7.21. The summed E-state index contributed by atoms with van der Waals surface area (Å²) in [6, 6.07) is 5.83. The summed E-state index contributed by atoms with van der Waals surface area (Å²) in [5, 5.41) is 0.956. The molecule has 0 bridgehead atoms. The Kier molecular flexibility index (Phi) is 7.64. The molecule has 0 atom stereocenters. The van der Waals surface area contributed by atoms with Crippen LogP contribution in [0.3, 0.4) is 0 Å². The van der Waals surface area contributed by atoms with Crippen molar-refractivity contribution < 1.29 is 14.3 Å². The number of hydrogen-bond donors (Lipinski definition) is 0. The van der Waals surface area contributed by atoms with E-state index in [1.165, 1.54) is 11.3 Å². The lowest BCUT2D eigenvalue weighted by Crippen LogP contribution is -2.34. The van der Waals surface area contributed by atoms with E-state index in [1.54, 1.807) is 7.11 Å². The van der Waals surface area contributed by atoms with Gasteiger partial charge >= 0.3 is 0 Å². The van der Waals surface area contributed by atoms with Gasteiger partial charge in [-0.1, -0.05) is 41.0 Å². The Balaban J connectivity index is 2.49. The number of nitrogens with zero attached hydrogens (tertiary/aromatic N) is 1. The fraction of sp³-hybridized carbons (Fsp3) is 0.565. The van der Waals surface area contributed by atoms with Crippen molar-refractivity contribution in [2.24, 2.45) is 5.41 Å². The van der Waals surface area contributed by atoms with E-state index in [1.807, 2.05) is 43.9 Å². The molecule has 1 aromatic carbocycles. The van der Waals surface area contributed by atoms with Crippen LogP contribution in [0.4, 0.5) is 0 Å². The molecule has 4 nitrogen and oxygen atoms in total. The zero-order valence-corrected chi connectivity index (χ0v) is 18.9.